The van der Waals surface area contributed by atoms with Crippen molar-refractivity contribution in [3.05, 3.63) is 33.6 Å². The normalized spacial score (nSPS) is 18.2. The number of aryl methyl sites for hydroxylation is 1. The van der Waals surface area contributed by atoms with Gasteiger partial charge in [0.1, 0.15) is 10.9 Å². The Bertz CT molecular complexity index is 778. The molecule has 0 radical (unpaired) electrons. The molecular weight excluding hydrogens is 338 g/mol. The average molecular weight is 359 g/mol. The van der Waals surface area contributed by atoms with Gasteiger partial charge in [0.05, 0.1) is 12.1 Å². The first-order valence-electron chi connectivity index (χ1n) is 8.34. The summed E-state index contributed by atoms with van der Waals surface area (Å²) < 4.78 is 5.02. The maximum atomic E-state index is 12.7. The number of thiophene rings is 1. The van der Waals surface area contributed by atoms with Crippen LogP contribution < -0.4 is 0 Å². The van der Waals surface area contributed by atoms with Gasteiger partial charge in [-0.2, -0.15) is 10.2 Å². The van der Waals surface area contributed by atoms with Crippen molar-refractivity contribution in [1.29, 1.82) is 5.26 Å². The standard InChI is InChI=1S/C17H21N5O2S/c1-12-19-15(20-24-12)11-21(2)14-4-3-7-22(8-5-14)17(23)16-13(10-18)6-9-25-16/h6,9,14H,3-5,7-8,11H2,1-2H3. The van der Waals surface area contributed by atoms with Crippen LogP contribution in [0.2, 0.25) is 0 Å². The van der Waals surface area contributed by atoms with E-state index in [1.165, 1.54) is 11.3 Å². The third kappa shape index (κ3) is 4.06. The van der Waals surface area contributed by atoms with Crippen LogP contribution in [0.3, 0.4) is 0 Å². The molecular formula is C17H21N5O2S. The van der Waals surface area contributed by atoms with Crippen molar-refractivity contribution in [2.45, 2.75) is 38.8 Å². The maximum absolute atomic E-state index is 12.7. The van der Waals surface area contributed by atoms with Gasteiger partial charge in [0.15, 0.2) is 5.82 Å². The fraction of sp³-hybridized carbons (Fsp3) is 0.529. The summed E-state index contributed by atoms with van der Waals surface area (Å²) in [5.41, 5.74) is 0.473. The summed E-state index contributed by atoms with van der Waals surface area (Å²) in [5.74, 6) is 1.24. The second-order valence-corrected chi connectivity index (χ2v) is 7.21. The number of amides is 1. The Morgan fingerprint density at radius 3 is 3.08 bits per heavy atom. The Balaban J connectivity index is 1.60. The predicted molar refractivity (Wildman–Crippen MR) is 93.1 cm³/mol. The molecule has 3 rings (SSSR count). The second-order valence-electron chi connectivity index (χ2n) is 6.30. The van der Waals surface area contributed by atoms with Crippen molar-refractivity contribution >= 4 is 17.2 Å². The van der Waals surface area contributed by atoms with Gasteiger partial charge >= 0.3 is 0 Å². The predicted octanol–water partition coefficient (Wildman–Crippen LogP) is 2.44. The lowest BCUT2D eigenvalue weighted by atomic mass is 10.1. The van der Waals surface area contributed by atoms with E-state index in [0.29, 0.717) is 41.3 Å². The molecule has 1 unspecified atom stereocenters. The molecule has 1 aliphatic heterocycles. The van der Waals surface area contributed by atoms with Crippen LogP contribution in [0.25, 0.3) is 0 Å². The molecule has 0 spiro atoms. The Kier molecular flexibility index (Phi) is 5.46. The number of nitriles is 1. The fourth-order valence-electron chi connectivity index (χ4n) is 3.19. The van der Waals surface area contributed by atoms with Gasteiger partial charge in [-0.1, -0.05) is 5.16 Å². The van der Waals surface area contributed by atoms with Crippen molar-refractivity contribution in [2.24, 2.45) is 0 Å². The third-order valence-corrected chi connectivity index (χ3v) is 5.45. The van der Waals surface area contributed by atoms with Crippen LogP contribution in [-0.2, 0) is 6.54 Å². The summed E-state index contributed by atoms with van der Waals surface area (Å²) in [7, 11) is 2.06. The Hall–Kier alpha value is -2.24. The smallest absolute Gasteiger partial charge is 0.265 e. The lowest BCUT2D eigenvalue weighted by Crippen LogP contribution is -2.35. The molecule has 2 aromatic rings. The molecule has 25 heavy (non-hydrogen) atoms. The molecule has 0 aromatic carbocycles. The average Bonchev–Trinajstić information content (AvgIpc) is 3.16. The van der Waals surface area contributed by atoms with Gasteiger partial charge in [-0.05, 0) is 37.8 Å². The molecule has 8 heteroatoms. The van der Waals surface area contributed by atoms with Crippen LogP contribution in [0.15, 0.2) is 16.0 Å². The number of nitrogens with zero attached hydrogens (tertiary/aromatic N) is 5. The zero-order valence-electron chi connectivity index (χ0n) is 14.4. The van der Waals surface area contributed by atoms with Gasteiger partial charge in [0, 0.05) is 26.1 Å². The number of carbonyl (C=O) groups is 1. The fourth-order valence-corrected chi connectivity index (χ4v) is 4.00. The second kappa shape index (κ2) is 7.76. The zero-order chi connectivity index (χ0) is 17.8. The van der Waals surface area contributed by atoms with Gasteiger partial charge in [0.2, 0.25) is 5.89 Å². The Morgan fingerprint density at radius 1 is 1.52 bits per heavy atom. The summed E-state index contributed by atoms with van der Waals surface area (Å²) in [6.07, 6.45) is 2.86. The van der Waals surface area contributed by atoms with Crippen LogP contribution in [0.1, 0.15) is 46.2 Å². The highest BCUT2D eigenvalue weighted by Gasteiger charge is 2.26. The van der Waals surface area contributed by atoms with Gasteiger partial charge in [0.25, 0.3) is 5.91 Å². The van der Waals surface area contributed by atoms with Crippen LogP contribution in [-0.4, -0.2) is 52.0 Å². The summed E-state index contributed by atoms with van der Waals surface area (Å²) in [6.45, 7) is 3.85. The Labute approximate surface area is 150 Å². The van der Waals surface area contributed by atoms with E-state index in [4.69, 9.17) is 9.78 Å². The molecule has 1 amide bonds. The van der Waals surface area contributed by atoms with Crippen molar-refractivity contribution in [2.75, 3.05) is 20.1 Å². The third-order valence-electron chi connectivity index (χ3n) is 4.55. The molecule has 1 fully saturated rings. The number of hydrogen-bond donors (Lipinski definition) is 0. The van der Waals surface area contributed by atoms with Crippen LogP contribution >= 0.6 is 11.3 Å². The number of likely N-dealkylation sites (tertiary alicyclic amines) is 1. The van der Waals surface area contributed by atoms with Gasteiger partial charge in [-0.25, -0.2) is 0 Å². The van der Waals surface area contributed by atoms with Crippen LogP contribution in [0, 0.1) is 18.3 Å². The SMILES string of the molecule is Cc1nc(CN(C)C2CCCN(C(=O)c3sccc3C#N)CC2)no1. The first-order chi connectivity index (χ1) is 12.1. The molecule has 1 atom stereocenters. The zero-order valence-corrected chi connectivity index (χ0v) is 15.3. The van der Waals surface area contributed by atoms with E-state index in [1.807, 2.05) is 4.90 Å². The van der Waals surface area contributed by atoms with E-state index in [9.17, 15) is 4.79 Å². The highest BCUT2D eigenvalue weighted by atomic mass is 32.1. The first kappa shape index (κ1) is 17.6. The van der Waals surface area contributed by atoms with E-state index < -0.39 is 0 Å². The Morgan fingerprint density at radius 2 is 2.36 bits per heavy atom. The van der Waals surface area contributed by atoms with E-state index in [-0.39, 0.29) is 5.91 Å². The number of hydrogen-bond acceptors (Lipinski definition) is 7. The number of carbonyl (C=O) groups excluding carboxylic acids is 1. The highest BCUT2D eigenvalue weighted by molar-refractivity contribution is 7.12. The maximum Gasteiger partial charge on any atom is 0.265 e. The summed E-state index contributed by atoms with van der Waals surface area (Å²) >= 11 is 1.34. The topological polar surface area (TPSA) is 86.3 Å². The van der Waals surface area contributed by atoms with Gasteiger partial charge in [-0.3, -0.25) is 9.69 Å². The monoisotopic (exact) mass is 359 g/mol. The van der Waals surface area contributed by atoms with Crippen LogP contribution in [0.5, 0.6) is 0 Å². The molecule has 0 saturated carbocycles. The lowest BCUT2D eigenvalue weighted by Gasteiger charge is -2.26. The largest absolute Gasteiger partial charge is 0.340 e. The minimum absolute atomic E-state index is 0.0244. The summed E-state index contributed by atoms with van der Waals surface area (Å²) in [6, 6.07) is 4.18. The molecule has 0 aliphatic carbocycles. The molecule has 7 nitrogen and oxygen atoms in total. The molecule has 2 aromatic heterocycles. The van der Waals surface area contributed by atoms with Crippen molar-refractivity contribution in [1.82, 2.24) is 19.9 Å². The quantitative estimate of drug-likeness (QED) is 0.833. The first-order valence-corrected chi connectivity index (χ1v) is 9.22. The van der Waals surface area contributed by atoms with E-state index >= 15 is 0 Å². The van der Waals surface area contributed by atoms with Crippen molar-refractivity contribution in [3.8, 4) is 6.07 Å². The minimum atomic E-state index is -0.0244. The summed E-state index contributed by atoms with van der Waals surface area (Å²) in [5, 5.41) is 14.9. The van der Waals surface area contributed by atoms with E-state index in [2.05, 4.69) is 28.2 Å². The molecule has 3 heterocycles. The van der Waals surface area contributed by atoms with E-state index in [0.717, 1.165) is 25.8 Å². The van der Waals surface area contributed by atoms with Gasteiger partial charge in [-0.15, -0.1) is 11.3 Å². The highest BCUT2D eigenvalue weighted by Crippen LogP contribution is 2.22. The summed E-state index contributed by atoms with van der Waals surface area (Å²) in [4.78, 5) is 21.6. The minimum Gasteiger partial charge on any atom is -0.340 e. The molecule has 0 N–H and O–H groups in total. The molecule has 1 saturated heterocycles. The van der Waals surface area contributed by atoms with Crippen molar-refractivity contribution < 1.29 is 9.32 Å². The number of rotatable bonds is 4. The van der Waals surface area contributed by atoms with Crippen molar-refractivity contribution in [3.63, 3.8) is 0 Å². The van der Waals surface area contributed by atoms with Gasteiger partial charge < -0.3 is 9.42 Å². The van der Waals surface area contributed by atoms with E-state index in [1.54, 1.807) is 18.4 Å². The molecule has 1 aliphatic rings. The van der Waals surface area contributed by atoms with Crippen LogP contribution in [0.4, 0.5) is 0 Å². The molecule has 0 bridgehead atoms. The lowest BCUT2D eigenvalue weighted by molar-refractivity contribution is 0.0762. The number of aromatic nitrogens is 2. The molecule has 132 valence electrons.